The van der Waals surface area contributed by atoms with Crippen LogP contribution in [0.2, 0.25) is 0 Å². The first kappa shape index (κ1) is 18.6. The van der Waals surface area contributed by atoms with Gasteiger partial charge in [-0.3, -0.25) is 4.90 Å². The summed E-state index contributed by atoms with van der Waals surface area (Å²) in [7, 11) is -3.45. The van der Waals surface area contributed by atoms with E-state index >= 15 is 0 Å². The molecule has 3 rings (SSSR count). The van der Waals surface area contributed by atoms with E-state index in [4.69, 9.17) is 0 Å². The Kier molecular flexibility index (Phi) is 6.28. The summed E-state index contributed by atoms with van der Waals surface area (Å²) in [6.45, 7) is 3.55. The van der Waals surface area contributed by atoms with Crippen LogP contribution in [-0.4, -0.2) is 33.0 Å². The van der Waals surface area contributed by atoms with E-state index in [9.17, 15) is 8.42 Å². The van der Waals surface area contributed by atoms with Crippen LogP contribution in [0.4, 0.5) is 0 Å². The van der Waals surface area contributed by atoms with E-state index in [-0.39, 0.29) is 0 Å². The zero-order valence-electron chi connectivity index (χ0n) is 14.1. The summed E-state index contributed by atoms with van der Waals surface area (Å²) in [6.07, 6.45) is 2.92. The van der Waals surface area contributed by atoms with E-state index in [2.05, 4.69) is 49.8 Å². The van der Waals surface area contributed by atoms with Gasteiger partial charge >= 0.3 is 0 Å². The summed E-state index contributed by atoms with van der Waals surface area (Å²) in [4.78, 5) is 2.74. The summed E-state index contributed by atoms with van der Waals surface area (Å²) < 4.78 is 27.9. The van der Waals surface area contributed by atoms with Gasteiger partial charge in [0.1, 0.15) is 0 Å². The van der Waals surface area contributed by atoms with E-state index in [1.54, 1.807) is 24.3 Å². The van der Waals surface area contributed by atoms with Crippen molar-refractivity contribution < 1.29 is 8.42 Å². The molecule has 25 heavy (non-hydrogen) atoms. The maximum atomic E-state index is 12.3. The summed E-state index contributed by atoms with van der Waals surface area (Å²) in [6, 6.07) is 15.5. The number of rotatable bonds is 7. The van der Waals surface area contributed by atoms with E-state index in [1.165, 1.54) is 11.1 Å². The first-order chi connectivity index (χ1) is 12.1. The smallest absolute Gasteiger partial charge is 0.241 e. The molecular weight excluding hydrogens is 400 g/mol. The first-order valence-electron chi connectivity index (χ1n) is 8.59. The summed E-state index contributed by atoms with van der Waals surface area (Å²) in [5.74, 6) is 0. The van der Waals surface area contributed by atoms with Crippen molar-refractivity contribution in [3.63, 3.8) is 0 Å². The van der Waals surface area contributed by atoms with E-state index in [0.29, 0.717) is 15.9 Å². The van der Waals surface area contributed by atoms with Crippen LogP contribution in [0.3, 0.4) is 0 Å². The third-order valence-corrected chi connectivity index (χ3v) is 7.00. The van der Waals surface area contributed by atoms with Crippen LogP contribution in [0.5, 0.6) is 0 Å². The van der Waals surface area contributed by atoms with Crippen molar-refractivity contribution >= 4 is 26.0 Å². The zero-order chi connectivity index (χ0) is 17.7. The summed E-state index contributed by atoms with van der Waals surface area (Å²) in [5, 5.41) is 0. The van der Waals surface area contributed by atoms with Gasteiger partial charge in [0.05, 0.1) is 4.90 Å². The Morgan fingerprint density at radius 1 is 1.00 bits per heavy atom. The molecule has 134 valence electrons. The lowest BCUT2D eigenvalue weighted by Gasteiger charge is -2.28. The lowest BCUT2D eigenvalue weighted by molar-refractivity contribution is 0.249. The second-order valence-corrected chi connectivity index (χ2v) is 8.92. The number of sulfonamides is 1. The molecule has 0 bridgehead atoms. The van der Waals surface area contributed by atoms with Crippen LogP contribution in [-0.2, 0) is 23.0 Å². The van der Waals surface area contributed by atoms with Crippen LogP contribution in [0, 0.1) is 0 Å². The molecule has 0 aromatic heterocycles. The highest BCUT2D eigenvalue weighted by atomic mass is 79.9. The highest BCUT2D eigenvalue weighted by Crippen LogP contribution is 2.21. The Labute approximate surface area is 158 Å². The number of nitrogens with zero attached hydrogens (tertiary/aromatic N) is 1. The highest BCUT2D eigenvalue weighted by molar-refractivity contribution is 9.10. The third-order valence-electron chi connectivity index (χ3n) is 4.53. The van der Waals surface area contributed by atoms with E-state index in [0.717, 1.165) is 38.9 Å². The maximum absolute atomic E-state index is 12.3. The molecular formula is C19H23BrN2O2S. The zero-order valence-corrected chi connectivity index (χ0v) is 16.5. The second kappa shape index (κ2) is 8.45. The topological polar surface area (TPSA) is 49.4 Å². The predicted molar refractivity (Wildman–Crippen MR) is 104 cm³/mol. The Bertz CT molecular complexity index is 824. The number of unbranched alkanes of at least 4 members (excludes halogenated alkanes) is 1. The molecule has 1 aliphatic rings. The Morgan fingerprint density at radius 2 is 1.72 bits per heavy atom. The molecule has 2 aromatic rings. The third kappa shape index (κ3) is 4.91. The molecule has 0 saturated heterocycles. The van der Waals surface area contributed by atoms with Crippen LogP contribution in [0.25, 0.3) is 0 Å². The van der Waals surface area contributed by atoms with Gasteiger partial charge in [-0.1, -0.05) is 36.4 Å². The Hall–Kier alpha value is -1.21. The van der Waals surface area contributed by atoms with Crippen molar-refractivity contribution in [2.24, 2.45) is 0 Å². The van der Waals surface area contributed by atoms with Crippen molar-refractivity contribution in [3.05, 3.63) is 64.1 Å². The molecule has 1 heterocycles. The molecule has 0 spiro atoms. The molecule has 0 radical (unpaired) electrons. The van der Waals surface area contributed by atoms with E-state index in [1.807, 2.05) is 0 Å². The van der Waals surface area contributed by atoms with Gasteiger partial charge in [-0.25, -0.2) is 13.1 Å². The maximum Gasteiger partial charge on any atom is 0.241 e. The Morgan fingerprint density at radius 3 is 2.52 bits per heavy atom. The Balaban J connectivity index is 1.42. The lowest BCUT2D eigenvalue weighted by atomic mass is 10.00. The predicted octanol–water partition coefficient (Wildman–Crippen LogP) is 3.57. The molecule has 1 N–H and O–H groups in total. The molecule has 2 aromatic carbocycles. The largest absolute Gasteiger partial charge is 0.299 e. The number of halogens is 1. The van der Waals surface area contributed by atoms with E-state index < -0.39 is 10.0 Å². The van der Waals surface area contributed by atoms with Gasteiger partial charge in [-0.05, 0) is 65.0 Å². The number of fused-ring (bicyclic) bond motifs is 1. The van der Waals surface area contributed by atoms with Gasteiger partial charge in [0.2, 0.25) is 10.0 Å². The van der Waals surface area contributed by atoms with Gasteiger partial charge in [0.25, 0.3) is 0 Å². The van der Waals surface area contributed by atoms with Crippen molar-refractivity contribution in [2.45, 2.75) is 30.7 Å². The summed E-state index contributed by atoms with van der Waals surface area (Å²) in [5.41, 5.74) is 2.88. The molecule has 0 atom stereocenters. The molecule has 0 fully saturated rings. The fraction of sp³-hybridized carbons (Fsp3) is 0.368. The quantitative estimate of drug-likeness (QED) is 0.693. The highest BCUT2D eigenvalue weighted by Gasteiger charge is 2.17. The molecule has 6 heteroatoms. The molecule has 0 saturated carbocycles. The molecule has 0 unspecified atom stereocenters. The van der Waals surface area contributed by atoms with Gasteiger partial charge in [-0.15, -0.1) is 0 Å². The minimum absolute atomic E-state index is 0.294. The molecule has 0 amide bonds. The van der Waals surface area contributed by atoms with Gasteiger partial charge in [0, 0.05) is 24.1 Å². The second-order valence-electron chi connectivity index (χ2n) is 6.33. The average molecular weight is 423 g/mol. The number of benzene rings is 2. The fourth-order valence-corrected chi connectivity index (χ4v) is 5.23. The number of nitrogens with one attached hydrogen (secondary N) is 1. The van der Waals surface area contributed by atoms with Crippen molar-refractivity contribution in [1.29, 1.82) is 0 Å². The number of hydrogen-bond donors (Lipinski definition) is 1. The van der Waals surface area contributed by atoms with Gasteiger partial charge < -0.3 is 0 Å². The van der Waals surface area contributed by atoms with Crippen molar-refractivity contribution in [2.75, 3.05) is 19.6 Å². The minimum Gasteiger partial charge on any atom is -0.299 e. The van der Waals surface area contributed by atoms with Crippen LogP contribution < -0.4 is 4.72 Å². The summed E-state index contributed by atoms with van der Waals surface area (Å²) >= 11 is 3.29. The standard InChI is InChI=1S/C19H23BrN2O2S/c20-18-9-3-4-10-19(18)25(23,24)21-12-5-6-13-22-14-11-16-7-1-2-8-17(16)15-22/h1-4,7-10,21H,5-6,11-15H2. The van der Waals surface area contributed by atoms with Crippen LogP contribution in [0.1, 0.15) is 24.0 Å². The fourth-order valence-electron chi connectivity index (χ4n) is 3.15. The first-order valence-corrected chi connectivity index (χ1v) is 10.9. The lowest BCUT2D eigenvalue weighted by Crippen LogP contribution is -2.32. The average Bonchev–Trinajstić information content (AvgIpc) is 2.61. The van der Waals surface area contributed by atoms with Gasteiger partial charge in [0.15, 0.2) is 0 Å². The monoisotopic (exact) mass is 422 g/mol. The SMILES string of the molecule is O=S(=O)(NCCCCN1CCc2ccccc2C1)c1ccccc1Br. The number of hydrogen-bond acceptors (Lipinski definition) is 3. The minimum atomic E-state index is -3.45. The van der Waals surface area contributed by atoms with Crippen molar-refractivity contribution in [3.8, 4) is 0 Å². The molecule has 0 aliphatic carbocycles. The van der Waals surface area contributed by atoms with Crippen LogP contribution in [0.15, 0.2) is 57.9 Å². The normalized spacial score (nSPS) is 15.1. The van der Waals surface area contributed by atoms with Gasteiger partial charge in [-0.2, -0.15) is 0 Å². The molecule has 1 aliphatic heterocycles. The molecule has 4 nitrogen and oxygen atoms in total. The van der Waals surface area contributed by atoms with Crippen molar-refractivity contribution in [1.82, 2.24) is 9.62 Å². The van der Waals surface area contributed by atoms with Crippen LogP contribution >= 0.6 is 15.9 Å².